The Morgan fingerprint density at radius 3 is 2.64 bits per heavy atom. The lowest BCUT2D eigenvalue weighted by Gasteiger charge is -2.12. The van der Waals surface area contributed by atoms with Gasteiger partial charge in [-0.05, 0) is 65.3 Å². The normalized spacial score (nSPS) is 10.8. The fourth-order valence-corrected chi connectivity index (χ4v) is 2.94. The van der Waals surface area contributed by atoms with E-state index in [0.717, 1.165) is 17.7 Å². The minimum atomic E-state index is 0.465. The monoisotopic (exact) mass is 393 g/mol. The van der Waals surface area contributed by atoms with Crippen LogP contribution >= 0.6 is 12.2 Å². The van der Waals surface area contributed by atoms with Crippen LogP contribution in [-0.4, -0.2) is 25.0 Å². The molecule has 0 amide bonds. The molecule has 3 rings (SSSR count). The van der Waals surface area contributed by atoms with Gasteiger partial charge in [-0.2, -0.15) is 5.10 Å². The largest absolute Gasteiger partial charge is 0.493 e. The first kappa shape index (κ1) is 19.6. The summed E-state index contributed by atoms with van der Waals surface area (Å²) in [7, 11) is 1.62. The molecule has 0 bridgehead atoms. The molecule has 0 aliphatic carbocycles. The number of nitrogens with one attached hydrogen (secondary N) is 2. The van der Waals surface area contributed by atoms with Gasteiger partial charge in [-0.25, -0.2) is 0 Å². The van der Waals surface area contributed by atoms with E-state index >= 15 is 0 Å². The van der Waals surface area contributed by atoms with Crippen LogP contribution in [0.25, 0.3) is 10.8 Å². The Hall–Kier alpha value is -3.12. The first-order valence-corrected chi connectivity index (χ1v) is 9.46. The highest BCUT2D eigenvalue weighted by Gasteiger charge is 2.06. The minimum absolute atomic E-state index is 0.465. The van der Waals surface area contributed by atoms with Gasteiger partial charge >= 0.3 is 0 Å². The van der Waals surface area contributed by atoms with E-state index in [1.54, 1.807) is 13.3 Å². The minimum Gasteiger partial charge on any atom is -0.493 e. The van der Waals surface area contributed by atoms with Crippen LogP contribution in [-0.2, 0) is 6.61 Å². The van der Waals surface area contributed by atoms with Crippen LogP contribution in [0.3, 0.4) is 0 Å². The molecule has 6 heteroatoms. The molecule has 0 radical (unpaired) electrons. The van der Waals surface area contributed by atoms with Crippen LogP contribution in [0.2, 0.25) is 0 Å². The highest BCUT2D eigenvalue weighted by Crippen LogP contribution is 2.28. The van der Waals surface area contributed by atoms with Gasteiger partial charge in [0.2, 0.25) is 0 Å². The summed E-state index contributed by atoms with van der Waals surface area (Å²) in [6.07, 6.45) is 1.68. The van der Waals surface area contributed by atoms with Crippen molar-refractivity contribution >= 4 is 34.3 Å². The Kier molecular flexibility index (Phi) is 6.81. The summed E-state index contributed by atoms with van der Waals surface area (Å²) in [5.74, 6) is 1.34. The molecule has 28 heavy (non-hydrogen) atoms. The van der Waals surface area contributed by atoms with Crippen molar-refractivity contribution in [2.24, 2.45) is 5.10 Å². The quantitative estimate of drug-likeness (QED) is 0.357. The number of rotatable bonds is 7. The van der Waals surface area contributed by atoms with Crippen LogP contribution < -0.4 is 20.2 Å². The smallest absolute Gasteiger partial charge is 0.186 e. The van der Waals surface area contributed by atoms with Crippen molar-refractivity contribution < 1.29 is 9.47 Å². The molecular weight excluding hydrogens is 370 g/mol. The van der Waals surface area contributed by atoms with Crippen molar-refractivity contribution in [1.82, 2.24) is 10.7 Å². The zero-order chi connectivity index (χ0) is 19.8. The van der Waals surface area contributed by atoms with Gasteiger partial charge in [-0.15, -0.1) is 0 Å². The topological polar surface area (TPSA) is 54.9 Å². The predicted octanol–water partition coefficient (Wildman–Crippen LogP) is 4.25. The van der Waals surface area contributed by atoms with Crippen LogP contribution in [0.5, 0.6) is 11.5 Å². The van der Waals surface area contributed by atoms with Crippen LogP contribution in [0.1, 0.15) is 18.1 Å². The Morgan fingerprint density at radius 2 is 1.86 bits per heavy atom. The number of thiocarbonyl (C=S) groups is 1. The number of fused-ring (bicyclic) bond motifs is 1. The lowest BCUT2D eigenvalue weighted by atomic mass is 10.1. The van der Waals surface area contributed by atoms with Crippen molar-refractivity contribution in [1.29, 1.82) is 0 Å². The zero-order valence-corrected chi connectivity index (χ0v) is 16.8. The molecule has 0 heterocycles. The van der Waals surface area contributed by atoms with Gasteiger partial charge in [0.25, 0.3) is 0 Å². The van der Waals surface area contributed by atoms with Gasteiger partial charge in [0.05, 0.1) is 13.3 Å². The second-order valence-electron chi connectivity index (χ2n) is 6.11. The SMILES string of the molecule is CCNC(=S)NN=Cc1ccc(OCc2ccc3ccccc3c2)c(OC)c1. The van der Waals surface area contributed by atoms with Crippen molar-refractivity contribution in [2.45, 2.75) is 13.5 Å². The average Bonchev–Trinajstić information content (AvgIpc) is 2.72. The summed E-state index contributed by atoms with van der Waals surface area (Å²) < 4.78 is 11.4. The Morgan fingerprint density at radius 1 is 1.04 bits per heavy atom. The maximum Gasteiger partial charge on any atom is 0.186 e. The summed E-state index contributed by atoms with van der Waals surface area (Å²) in [5.41, 5.74) is 4.74. The van der Waals surface area contributed by atoms with Gasteiger partial charge in [-0.3, -0.25) is 5.43 Å². The number of nitrogens with zero attached hydrogens (tertiary/aromatic N) is 1. The van der Waals surface area contributed by atoms with E-state index in [1.165, 1.54) is 10.8 Å². The molecule has 2 N–H and O–H groups in total. The fraction of sp³-hybridized carbons (Fsp3) is 0.182. The summed E-state index contributed by atoms with van der Waals surface area (Å²) in [6, 6.07) is 20.3. The molecule has 3 aromatic carbocycles. The Labute approximate surface area is 170 Å². The number of methoxy groups -OCH3 is 1. The number of hydrogen-bond acceptors (Lipinski definition) is 4. The standard InChI is InChI=1S/C22H23N3O2S/c1-3-23-22(28)25-24-14-16-9-11-20(21(13-16)26-2)27-15-17-8-10-18-6-4-5-7-19(18)12-17/h4-14H,3,15H2,1-2H3,(H2,23,25,28). The summed E-state index contributed by atoms with van der Waals surface area (Å²) in [5, 5.41) is 9.98. The van der Waals surface area contributed by atoms with Gasteiger partial charge in [0, 0.05) is 6.54 Å². The molecule has 0 aromatic heterocycles. The van der Waals surface area contributed by atoms with Crippen molar-refractivity contribution in [3.8, 4) is 11.5 Å². The highest BCUT2D eigenvalue weighted by molar-refractivity contribution is 7.80. The number of benzene rings is 3. The van der Waals surface area contributed by atoms with Crippen LogP contribution in [0.15, 0.2) is 65.8 Å². The Balaban J connectivity index is 1.66. The Bertz CT molecular complexity index is 988. The molecule has 0 saturated carbocycles. The number of ether oxygens (including phenoxy) is 2. The molecule has 5 nitrogen and oxygen atoms in total. The predicted molar refractivity (Wildman–Crippen MR) is 118 cm³/mol. The van der Waals surface area contributed by atoms with E-state index in [9.17, 15) is 0 Å². The molecule has 0 unspecified atom stereocenters. The molecule has 0 aliphatic heterocycles. The third-order valence-corrected chi connectivity index (χ3v) is 4.35. The molecule has 0 atom stereocenters. The lowest BCUT2D eigenvalue weighted by molar-refractivity contribution is 0.284. The third kappa shape index (κ3) is 5.20. The molecular formula is C22H23N3O2S. The van der Waals surface area contributed by atoms with E-state index in [2.05, 4.69) is 46.2 Å². The molecule has 144 valence electrons. The number of hydrazone groups is 1. The van der Waals surface area contributed by atoms with Gasteiger partial charge in [-0.1, -0.05) is 36.4 Å². The van der Waals surface area contributed by atoms with Crippen molar-refractivity contribution in [2.75, 3.05) is 13.7 Å². The lowest BCUT2D eigenvalue weighted by Crippen LogP contribution is -2.31. The van der Waals surface area contributed by atoms with E-state index in [0.29, 0.717) is 23.2 Å². The van der Waals surface area contributed by atoms with Crippen LogP contribution in [0, 0.1) is 0 Å². The second kappa shape index (κ2) is 9.71. The summed E-state index contributed by atoms with van der Waals surface area (Å²) in [4.78, 5) is 0. The second-order valence-corrected chi connectivity index (χ2v) is 6.52. The van der Waals surface area contributed by atoms with E-state index in [4.69, 9.17) is 21.7 Å². The summed E-state index contributed by atoms with van der Waals surface area (Å²) in [6.45, 7) is 3.19. The van der Waals surface area contributed by atoms with E-state index in [-0.39, 0.29) is 0 Å². The molecule has 0 aliphatic rings. The first-order valence-electron chi connectivity index (χ1n) is 9.05. The maximum absolute atomic E-state index is 5.98. The van der Waals surface area contributed by atoms with Crippen molar-refractivity contribution in [3.63, 3.8) is 0 Å². The summed E-state index contributed by atoms with van der Waals surface area (Å²) >= 11 is 5.07. The van der Waals surface area contributed by atoms with Gasteiger partial charge in [0.15, 0.2) is 16.6 Å². The van der Waals surface area contributed by atoms with Gasteiger partial charge in [0.1, 0.15) is 6.61 Å². The molecule has 0 fully saturated rings. The maximum atomic E-state index is 5.98. The molecule has 0 saturated heterocycles. The highest BCUT2D eigenvalue weighted by atomic mass is 32.1. The fourth-order valence-electron chi connectivity index (χ4n) is 2.74. The van der Waals surface area contributed by atoms with E-state index in [1.807, 2.05) is 37.3 Å². The zero-order valence-electron chi connectivity index (χ0n) is 15.9. The third-order valence-electron chi connectivity index (χ3n) is 4.11. The van der Waals surface area contributed by atoms with E-state index < -0.39 is 0 Å². The number of hydrogen-bond donors (Lipinski definition) is 2. The molecule has 0 spiro atoms. The van der Waals surface area contributed by atoms with Crippen molar-refractivity contribution in [3.05, 3.63) is 71.8 Å². The van der Waals surface area contributed by atoms with Gasteiger partial charge < -0.3 is 14.8 Å². The van der Waals surface area contributed by atoms with Crippen LogP contribution in [0.4, 0.5) is 0 Å². The molecule has 3 aromatic rings. The first-order chi connectivity index (χ1) is 13.7. The average molecular weight is 394 g/mol.